The van der Waals surface area contributed by atoms with Crippen molar-refractivity contribution < 1.29 is 4.74 Å². The Morgan fingerprint density at radius 2 is 2.04 bits per heavy atom. The average Bonchev–Trinajstić information content (AvgIpc) is 3.36. The Labute approximate surface area is 182 Å². The van der Waals surface area contributed by atoms with Crippen molar-refractivity contribution in [3.63, 3.8) is 0 Å². The van der Waals surface area contributed by atoms with Crippen molar-refractivity contribution in [2.75, 3.05) is 12.4 Å². The van der Waals surface area contributed by atoms with Gasteiger partial charge in [0, 0.05) is 27.6 Å². The van der Waals surface area contributed by atoms with Crippen LogP contribution in [0.25, 0.3) is 0 Å². The van der Waals surface area contributed by atoms with Crippen LogP contribution < -0.4 is 4.74 Å². The number of aromatic nitrogens is 3. The minimum Gasteiger partial charge on any atom is -0.493 e. The number of thioether (sulfide) groups is 1. The summed E-state index contributed by atoms with van der Waals surface area (Å²) in [5.41, 5.74) is 0. The lowest BCUT2D eigenvalue weighted by molar-refractivity contribution is 0.329. The molecule has 0 bridgehead atoms. The van der Waals surface area contributed by atoms with Gasteiger partial charge in [-0.25, -0.2) is 0 Å². The van der Waals surface area contributed by atoms with Crippen LogP contribution >= 0.6 is 39.0 Å². The quantitative estimate of drug-likeness (QED) is 0.279. The lowest BCUT2D eigenvalue weighted by atomic mass is 9.95. The third-order valence-corrected chi connectivity index (χ3v) is 7.24. The summed E-state index contributed by atoms with van der Waals surface area (Å²) in [5, 5.41) is 12.3. The SMILES string of the molecule is Brc1cccc(OCCSc2nnc(Cc3cccs3)n2C2CCCCC2)c1. The first-order valence-corrected chi connectivity index (χ1v) is 12.4. The first-order valence-electron chi connectivity index (χ1n) is 9.77. The van der Waals surface area contributed by atoms with Crippen molar-refractivity contribution >= 4 is 39.0 Å². The summed E-state index contributed by atoms with van der Waals surface area (Å²) in [7, 11) is 0. The van der Waals surface area contributed by atoms with Gasteiger partial charge in [0.1, 0.15) is 11.6 Å². The molecule has 1 aliphatic rings. The molecule has 4 rings (SSSR count). The summed E-state index contributed by atoms with van der Waals surface area (Å²) >= 11 is 7.03. The van der Waals surface area contributed by atoms with Gasteiger partial charge in [0.15, 0.2) is 5.16 Å². The van der Waals surface area contributed by atoms with E-state index in [0.29, 0.717) is 12.6 Å². The molecule has 0 spiro atoms. The fourth-order valence-corrected chi connectivity index (χ4v) is 5.57. The van der Waals surface area contributed by atoms with Crippen molar-refractivity contribution in [2.24, 2.45) is 0 Å². The van der Waals surface area contributed by atoms with Crippen molar-refractivity contribution in [3.05, 3.63) is 57.0 Å². The van der Waals surface area contributed by atoms with Crippen LogP contribution in [0, 0.1) is 0 Å². The van der Waals surface area contributed by atoms with E-state index in [9.17, 15) is 0 Å². The van der Waals surface area contributed by atoms with Crippen molar-refractivity contribution in [1.29, 1.82) is 0 Å². The summed E-state index contributed by atoms with van der Waals surface area (Å²) in [6.45, 7) is 0.652. The van der Waals surface area contributed by atoms with Gasteiger partial charge >= 0.3 is 0 Å². The number of rotatable bonds is 8. The Balaban J connectivity index is 1.42. The molecule has 3 aromatic rings. The van der Waals surface area contributed by atoms with Gasteiger partial charge in [-0.05, 0) is 42.5 Å². The van der Waals surface area contributed by atoms with Crippen LogP contribution in [-0.4, -0.2) is 27.1 Å². The molecule has 1 saturated carbocycles. The average molecular weight is 478 g/mol. The highest BCUT2D eigenvalue weighted by molar-refractivity contribution is 9.10. The first kappa shape index (κ1) is 20.0. The van der Waals surface area contributed by atoms with Gasteiger partial charge in [0.2, 0.25) is 0 Å². The maximum absolute atomic E-state index is 5.88. The summed E-state index contributed by atoms with van der Waals surface area (Å²) in [4.78, 5) is 1.35. The third kappa shape index (κ3) is 5.19. The number of thiophene rings is 1. The molecule has 28 heavy (non-hydrogen) atoms. The van der Waals surface area contributed by atoms with E-state index >= 15 is 0 Å². The fourth-order valence-electron chi connectivity index (χ4n) is 3.65. The summed E-state index contributed by atoms with van der Waals surface area (Å²) in [5.74, 6) is 2.85. The van der Waals surface area contributed by atoms with E-state index < -0.39 is 0 Å². The number of hydrogen-bond donors (Lipinski definition) is 0. The van der Waals surface area contributed by atoms with E-state index in [0.717, 1.165) is 33.4 Å². The van der Waals surface area contributed by atoms with E-state index in [1.54, 1.807) is 23.1 Å². The second kappa shape index (κ2) is 9.94. The van der Waals surface area contributed by atoms with E-state index in [-0.39, 0.29) is 0 Å². The number of nitrogens with zero attached hydrogens (tertiary/aromatic N) is 3. The zero-order chi connectivity index (χ0) is 19.2. The highest BCUT2D eigenvalue weighted by Crippen LogP contribution is 2.33. The van der Waals surface area contributed by atoms with Gasteiger partial charge in [0.05, 0.1) is 6.61 Å². The Morgan fingerprint density at radius 1 is 1.14 bits per heavy atom. The van der Waals surface area contributed by atoms with Gasteiger partial charge in [-0.15, -0.1) is 21.5 Å². The molecule has 4 nitrogen and oxygen atoms in total. The zero-order valence-electron chi connectivity index (χ0n) is 15.7. The fraction of sp³-hybridized carbons (Fsp3) is 0.429. The van der Waals surface area contributed by atoms with E-state index in [2.05, 4.69) is 48.2 Å². The minimum atomic E-state index is 0.534. The number of hydrogen-bond acceptors (Lipinski definition) is 5. The molecule has 7 heteroatoms. The lowest BCUT2D eigenvalue weighted by Gasteiger charge is -2.25. The predicted octanol–water partition coefficient (Wildman–Crippen LogP) is 6.37. The molecule has 0 amide bonds. The molecule has 1 fully saturated rings. The van der Waals surface area contributed by atoms with Crippen molar-refractivity contribution in [2.45, 2.75) is 49.7 Å². The first-order chi connectivity index (χ1) is 13.8. The van der Waals surface area contributed by atoms with E-state index in [4.69, 9.17) is 4.74 Å². The van der Waals surface area contributed by atoms with Gasteiger partial charge < -0.3 is 9.30 Å². The van der Waals surface area contributed by atoms with Crippen LogP contribution in [0.1, 0.15) is 48.8 Å². The Morgan fingerprint density at radius 3 is 2.82 bits per heavy atom. The molecule has 0 aliphatic heterocycles. The highest BCUT2D eigenvalue weighted by Gasteiger charge is 2.23. The number of ether oxygens (including phenoxy) is 1. The molecule has 2 heterocycles. The zero-order valence-corrected chi connectivity index (χ0v) is 18.9. The van der Waals surface area contributed by atoms with Gasteiger partial charge in [0.25, 0.3) is 0 Å². The summed E-state index contributed by atoms with van der Waals surface area (Å²) in [6.07, 6.45) is 7.29. The van der Waals surface area contributed by atoms with Crippen LogP contribution in [0.4, 0.5) is 0 Å². The Kier molecular flexibility index (Phi) is 7.09. The third-order valence-electron chi connectivity index (χ3n) is 4.97. The van der Waals surface area contributed by atoms with Crippen molar-refractivity contribution in [3.8, 4) is 5.75 Å². The molecular formula is C21H24BrN3OS2. The molecule has 1 aliphatic carbocycles. The van der Waals surface area contributed by atoms with Crippen LogP contribution in [0.3, 0.4) is 0 Å². The maximum Gasteiger partial charge on any atom is 0.191 e. The van der Waals surface area contributed by atoms with Crippen molar-refractivity contribution in [1.82, 2.24) is 14.8 Å². The number of benzene rings is 1. The Hall–Kier alpha value is -1.31. The summed E-state index contributed by atoms with van der Waals surface area (Å²) < 4.78 is 9.33. The van der Waals surface area contributed by atoms with Crippen LogP contribution in [0.5, 0.6) is 5.75 Å². The summed E-state index contributed by atoms with van der Waals surface area (Å²) in [6, 6.07) is 12.8. The monoisotopic (exact) mass is 477 g/mol. The molecule has 148 valence electrons. The molecule has 0 N–H and O–H groups in total. The molecule has 0 atom stereocenters. The molecule has 2 aromatic heterocycles. The topological polar surface area (TPSA) is 39.9 Å². The van der Waals surface area contributed by atoms with E-state index in [1.807, 2.05) is 24.3 Å². The van der Waals surface area contributed by atoms with Crippen LogP contribution in [0.15, 0.2) is 51.4 Å². The molecule has 0 radical (unpaired) electrons. The smallest absolute Gasteiger partial charge is 0.191 e. The molecular weight excluding hydrogens is 454 g/mol. The van der Waals surface area contributed by atoms with E-state index in [1.165, 1.54) is 37.0 Å². The minimum absolute atomic E-state index is 0.534. The standard InChI is InChI=1S/C21H24BrN3OS2/c22-16-6-4-9-18(14-16)26-11-13-28-21-24-23-20(15-19-10-5-12-27-19)25(21)17-7-2-1-3-8-17/h4-6,9-10,12,14,17H,1-3,7-8,11,13,15H2. The molecule has 0 saturated heterocycles. The second-order valence-electron chi connectivity index (χ2n) is 6.97. The van der Waals surface area contributed by atoms with Gasteiger partial charge in [-0.1, -0.05) is 59.1 Å². The largest absolute Gasteiger partial charge is 0.493 e. The lowest BCUT2D eigenvalue weighted by Crippen LogP contribution is -2.17. The molecule has 1 aromatic carbocycles. The highest BCUT2D eigenvalue weighted by atomic mass is 79.9. The number of halogens is 1. The maximum atomic E-state index is 5.88. The molecule has 0 unspecified atom stereocenters. The van der Waals surface area contributed by atoms with Crippen LogP contribution in [-0.2, 0) is 6.42 Å². The normalized spacial score (nSPS) is 15.0. The second-order valence-corrected chi connectivity index (χ2v) is 9.98. The Bertz CT molecular complexity index is 876. The van der Waals surface area contributed by atoms with Crippen LogP contribution in [0.2, 0.25) is 0 Å². The van der Waals surface area contributed by atoms with Gasteiger partial charge in [-0.3, -0.25) is 0 Å². The predicted molar refractivity (Wildman–Crippen MR) is 120 cm³/mol. The van der Waals surface area contributed by atoms with Gasteiger partial charge in [-0.2, -0.15) is 0 Å².